The number of alkyl carbamates (subject to hydrolysis) is 2. The Labute approximate surface area is 233 Å². The van der Waals surface area contributed by atoms with E-state index in [0.29, 0.717) is 6.42 Å². The standard InChI is InChI=1S/C26H35N5O7.ClH/c27-13-7-12-21(31-26(36)38-18-20-10-5-2-6-11-20)24(34)30-22(16-32)23(33)28-14-15-29-25(35)37-17-19-8-3-1-4-9-19;/h1-6,8-11,21-22,32H,7,12-18,27H2,(H,28,33)(H,29,35)(H,30,34)(H,31,36);1H/t21-,22-;/m0./s1. The van der Waals surface area contributed by atoms with Crippen LogP contribution in [0.4, 0.5) is 9.59 Å². The number of rotatable bonds is 15. The van der Waals surface area contributed by atoms with E-state index in [2.05, 4.69) is 21.3 Å². The van der Waals surface area contributed by atoms with E-state index >= 15 is 0 Å². The Morgan fingerprint density at radius 3 is 1.82 bits per heavy atom. The molecular weight excluding hydrogens is 530 g/mol. The molecule has 0 spiro atoms. The fourth-order valence-electron chi connectivity index (χ4n) is 3.21. The summed E-state index contributed by atoms with van der Waals surface area (Å²) < 4.78 is 10.2. The van der Waals surface area contributed by atoms with Crippen LogP contribution in [0, 0.1) is 0 Å². The first-order valence-electron chi connectivity index (χ1n) is 12.2. The lowest BCUT2D eigenvalue weighted by Crippen LogP contribution is -2.55. The van der Waals surface area contributed by atoms with Crippen molar-refractivity contribution in [1.29, 1.82) is 0 Å². The van der Waals surface area contributed by atoms with Gasteiger partial charge in [-0.3, -0.25) is 9.59 Å². The molecule has 0 fully saturated rings. The van der Waals surface area contributed by atoms with Crippen molar-refractivity contribution in [1.82, 2.24) is 21.3 Å². The minimum atomic E-state index is -1.27. The van der Waals surface area contributed by atoms with Crippen LogP contribution in [0.3, 0.4) is 0 Å². The second-order valence-electron chi connectivity index (χ2n) is 8.21. The number of ether oxygens (including phenoxy) is 2. The Morgan fingerprint density at radius 2 is 1.28 bits per heavy atom. The van der Waals surface area contributed by atoms with Crippen LogP contribution >= 0.6 is 12.4 Å². The minimum Gasteiger partial charge on any atom is -0.445 e. The third kappa shape index (κ3) is 13.5. The number of nitrogens with one attached hydrogen (secondary N) is 4. The molecule has 0 heterocycles. The van der Waals surface area contributed by atoms with E-state index in [1.165, 1.54) is 0 Å². The first-order chi connectivity index (χ1) is 18.4. The molecular formula is C26H36ClN5O7. The molecule has 214 valence electrons. The van der Waals surface area contributed by atoms with Gasteiger partial charge in [0.1, 0.15) is 25.3 Å². The molecule has 0 unspecified atom stereocenters. The maximum Gasteiger partial charge on any atom is 0.408 e. The second-order valence-corrected chi connectivity index (χ2v) is 8.21. The smallest absolute Gasteiger partial charge is 0.408 e. The van der Waals surface area contributed by atoms with Gasteiger partial charge in [0.25, 0.3) is 0 Å². The quantitative estimate of drug-likeness (QED) is 0.173. The summed E-state index contributed by atoms with van der Waals surface area (Å²) in [5.74, 6) is -1.34. The first kappa shape index (κ1) is 33.2. The average Bonchev–Trinajstić information content (AvgIpc) is 2.94. The zero-order chi connectivity index (χ0) is 27.6. The van der Waals surface area contributed by atoms with Gasteiger partial charge in [0.05, 0.1) is 6.61 Å². The fraction of sp³-hybridized carbons (Fsp3) is 0.385. The molecule has 0 aromatic heterocycles. The number of nitrogens with two attached hydrogens (primary N) is 1. The number of aliphatic hydroxyl groups is 1. The number of hydrogen-bond donors (Lipinski definition) is 6. The Balaban J connectivity index is 0.00000760. The lowest BCUT2D eigenvalue weighted by atomic mass is 10.1. The van der Waals surface area contributed by atoms with Gasteiger partial charge in [-0.25, -0.2) is 9.59 Å². The zero-order valence-electron chi connectivity index (χ0n) is 21.5. The monoisotopic (exact) mass is 565 g/mol. The van der Waals surface area contributed by atoms with Crippen LogP contribution in [0.15, 0.2) is 60.7 Å². The molecule has 0 aliphatic carbocycles. The maximum atomic E-state index is 12.8. The van der Waals surface area contributed by atoms with Crippen LogP contribution in [-0.4, -0.2) is 67.4 Å². The molecule has 2 aromatic carbocycles. The highest BCUT2D eigenvalue weighted by atomic mass is 35.5. The van der Waals surface area contributed by atoms with Crippen LogP contribution in [0.2, 0.25) is 0 Å². The van der Waals surface area contributed by atoms with Gasteiger partial charge in [-0.05, 0) is 30.5 Å². The van der Waals surface area contributed by atoms with Gasteiger partial charge in [0, 0.05) is 13.1 Å². The van der Waals surface area contributed by atoms with E-state index in [0.717, 1.165) is 11.1 Å². The number of carbonyl (C=O) groups is 4. The Kier molecular flexibility index (Phi) is 16.4. The van der Waals surface area contributed by atoms with Crippen LogP contribution in [0.1, 0.15) is 24.0 Å². The number of benzene rings is 2. The molecule has 13 heteroatoms. The fourth-order valence-corrected chi connectivity index (χ4v) is 3.21. The van der Waals surface area contributed by atoms with Crippen LogP contribution < -0.4 is 27.0 Å². The van der Waals surface area contributed by atoms with Crippen molar-refractivity contribution in [3.63, 3.8) is 0 Å². The summed E-state index contributed by atoms with van der Waals surface area (Å²) >= 11 is 0. The average molecular weight is 566 g/mol. The van der Waals surface area contributed by atoms with E-state index in [1.54, 1.807) is 12.1 Å². The molecule has 4 amide bonds. The van der Waals surface area contributed by atoms with Gasteiger partial charge in [-0.15, -0.1) is 12.4 Å². The second kappa shape index (κ2) is 19.2. The van der Waals surface area contributed by atoms with Crippen molar-refractivity contribution in [2.75, 3.05) is 26.2 Å². The van der Waals surface area contributed by atoms with Gasteiger partial charge in [-0.1, -0.05) is 60.7 Å². The molecule has 0 saturated heterocycles. The van der Waals surface area contributed by atoms with Crippen molar-refractivity contribution in [3.8, 4) is 0 Å². The van der Waals surface area contributed by atoms with Crippen molar-refractivity contribution in [3.05, 3.63) is 71.8 Å². The van der Waals surface area contributed by atoms with Crippen LogP contribution in [0.25, 0.3) is 0 Å². The third-order valence-corrected chi connectivity index (χ3v) is 5.24. The van der Waals surface area contributed by atoms with Crippen molar-refractivity contribution in [2.24, 2.45) is 5.73 Å². The number of hydrogen-bond acceptors (Lipinski definition) is 8. The molecule has 0 aliphatic heterocycles. The van der Waals surface area contributed by atoms with E-state index in [9.17, 15) is 24.3 Å². The normalized spacial score (nSPS) is 11.6. The summed E-state index contributed by atoms with van der Waals surface area (Å²) in [4.78, 5) is 49.2. The number of halogens is 1. The predicted molar refractivity (Wildman–Crippen MR) is 146 cm³/mol. The first-order valence-corrected chi connectivity index (χ1v) is 12.2. The van der Waals surface area contributed by atoms with Crippen molar-refractivity contribution < 1.29 is 33.8 Å². The van der Waals surface area contributed by atoms with Crippen molar-refractivity contribution >= 4 is 36.4 Å². The largest absolute Gasteiger partial charge is 0.445 e. The SMILES string of the molecule is Cl.NCCC[C@H](NC(=O)OCc1ccccc1)C(=O)N[C@@H](CO)C(=O)NCCNC(=O)OCc1ccccc1. The van der Waals surface area contributed by atoms with Gasteiger partial charge < -0.3 is 41.6 Å². The zero-order valence-corrected chi connectivity index (χ0v) is 22.3. The Morgan fingerprint density at radius 1 is 0.744 bits per heavy atom. The number of aliphatic hydroxyl groups excluding tert-OH is 1. The van der Waals surface area contributed by atoms with E-state index in [1.807, 2.05) is 48.5 Å². The summed E-state index contributed by atoms with van der Waals surface area (Å²) in [5.41, 5.74) is 7.15. The maximum absolute atomic E-state index is 12.8. The highest BCUT2D eigenvalue weighted by Gasteiger charge is 2.26. The van der Waals surface area contributed by atoms with Gasteiger partial charge >= 0.3 is 12.2 Å². The van der Waals surface area contributed by atoms with Gasteiger partial charge in [0.15, 0.2) is 0 Å². The topological polar surface area (TPSA) is 181 Å². The summed E-state index contributed by atoms with van der Waals surface area (Å²) in [6, 6.07) is 15.9. The lowest BCUT2D eigenvalue weighted by molar-refractivity contribution is -0.131. The summed E-state index contributed by atoms with van der Waals surface area (Å²) in [5, 5.41) is 19.5. The molecule has 0 radical (unpaired) electrons. The lowest BCUT2D eigenvalue weighted by Gasteiger charge is -2.22. The summed E-state index contributed by atoms with van der Waals surface area (Å²) in [6.45, 7) is -0.155. The Hall–Kier alpha value is -3.87. The van der Waals surface area contributed by atoms with E-state index < -0.39 is 42.7 Å². The molecule has 0 saturated carbocycles. The third-order valence-electron chi connectivity index (χ3n) is 5.24. The molecule has 12 nitrogen and oxygen atoms in total. The van der Waals surface area contributed by atoms with Gasteiger partial charge in [-0.2, -0.15) is 0 Å². The minimum absolute atomic E-state index is 0. The number of carbonyl (C=O) groups excluding carboxylic acids is 4. The molecule has 0 bridgehead atoms. The molecule has 0 aliphatic rings. The molecule has 2 aromatic rings. The highest BCUT2D eigenvalue weighted by molar-refractivity contribution is 5.91. The molecule has 7 N–H and O–H groups in total. The van der Waals surface area contributed by atoms with Crippen molar-refractivity contribution in [2.45, 2.75) is 38.1 Å². The Bertz CT molecular complexity index is 1010. The van der Waals surface area contributed by atoms with Crippen LogP contribution in [-0.2, 0) is 32.3 Å². The number of amides is 4. The van der Waals surface area contributed by atoms with E-state index in [-0.39, 0.29) is 51.7 Å². The molecule has 2 rings (SSSR count). The summed E-state index contributed by atoms with van der Waals surface area (Å²) in [6.07, 6.45) is -0.819. The molecule has 39 heavy (non-hydrogen) atoms. The molecule has 2 atom stereocenters. The highest BCUT2D eigenvalue weighted by Crippen LogP contribution is 2.03. The van der Waals surface area contributed by atoms with Gasteiger partial charge in [0.2, 0.25) is 11.8 Å². The van der Waals surface area contributed by atoms with Crippen LogP contribution in [0.5, 0.6) is 0 Å². The summed E-state index contributed by atoms with van der Waals surface area (Å²) in [7, 11) is 0. The van der Waals surface area contributed by atoms with E-state index in [4.69, 9.17) is 15.2 Å². The predicted octanol–water partition coefficient (Wildman–Crippen LogP) is 0.962.